The molecule has 0 unspecified atom stereocenters. The van der Waals surface area contributed by atoms with Gasteiger partial charge in [0.25, 0.3) is 0 Å². The van der Waals surface area contributed by atoms with Crippen LogP contribution in [-0.2, 0) is 7.05 Å². The Labute approximate surface area is 117 Å². The molecule has 3 rings (SSSR count). The lowest BCUT2D eigenvalue weighted by Gasteiger charge is -2.05. The predicted octanol–water partition coefficient (Wildman–Crippen LogP) is 2.76. The SMILES string of the molecule is Cn1ncc2c(Oc3cccc(I)c3)ncnc21. The van der Waals surface area contributed by atoms with E-state index in [1.54, 1.807) is 10.9 Å². The second-order valence-corrected chi connectivity index (χ2v) is 4.99. The summed E-state index contributed by atoms with van der Waals surface area (Å²) in [6, 6.07) is 7.79. The Bertz CT molecular complexity index is 710. The zero-order valence-electron chi connectivity index (χ0n) is 9.54. The summed E-state index contributed by atoms with van der Waals surface area (Å²) in [6.45, 7) is 0. The summed E-state index contributed by atoms with van der Waals surface area (Å²) in [4.78, 5) is 8.32. The van der Waals surface area contributed by atoms with Gasteiger partial charge < -0.3 is 4.74 Å². The van der Waals surface area contributed by atoms with E-state index in [0.717, 1.165) is 20.4 Å². The molecule has 0 saturated carbocycles. The minimum Gasteiger partial charge on any atom is -0.438 e. The number of aryl methyl sites for hydroxylation is 1. The zero-order valence-corrected chi connectivity index (χ0v) is 11.7. The number of hydrogen-bond donors (Lipinski definition) is 0. The summed E-state index contributed by atoms with van der Waals surface area (Å²) in [6.07, 6.45) is 3.19. The van der Waals surface area contributed by atoms with E-state index in [9.17, 15) is 0 Å². The molecule has 0 N–H and O–H groups in total. The van der Waals surface area contributed by atoms with Crippen LogP contribution in [0.4, 0.5) is 0 Å². The lowest BCUT2D eigenvalue weighted by atomic mass is 10.3. The molecular weight excluding hydrogens is 343 g/mol. The molecule has 6 heteroatoms. The van der Waals surface area contributed by atoms with Gasteiger partial charge in [-0.15, -0.1) is 0 Å². The van der Waals surface area contributed by atoms with Crippen molar-refractivity contribution in [3.63, 3.8) is 0 Å². The first-order valence-electron chi connectivity index (χ1n) is 5.30. The second kappa shape index (κ2) is 4.52. The Morgan fingerprint density at radius 3 is 3.00 bits per heavy atom. The maximum absolute atomic E-state index is 5.78. The topological polar surface area (TPSA) is 52.8 Å². The molecule has 0 aliphatic heterocycles. The molecule has 3 aromatic rings. The highest BCUT2D eigenvalue weighted by Crippen LogP contribution is 2.26. The van der Waals surface area contributed by atoms with E-state index >= 15 is 0 Å². The molecule has 0 atom stereocenters. The maximum atomic E-state index is 5.78. The van der Waals surface area contributed by atoms with Crippen LogP contribution in [0.25, 0.3) is 11.0 Å². The molecule has 0 fully saturated rings. The Balaban J connectivity index is 2.05. The quantitative estimate of drug-likeness (QED) is 0.666. The Morgan fingerprint density at radius 2 is 2.17 bits per heavy atom. The van der Waals surface area contributed by atoms with Crippen LogP contribution in [0, 0.1) is 3.57 Å². The minimum absolute atomic E-state index is 0.523. The molecule has 0 spiro atoms. The average Bonchev–Trinajstić information content (AvgIpc) is 2.73. The van der Waals surface area contributed by atoms with Crippen LogP contribution in [-0.4, -0.2) is 19.7 Å². The van der Waals surface area contributed by atoms with E-state index in [1.807, 2.05) is 31.3 Å². The summed E-state index contributed by atoms with van der Waals surface area (Å²) in [7, 11) is 1.84. The average molecular weight is 352 g/mol. The monoisotopic (exact) mass is 352 g/mol. The number of nitrogens with zero attached hydrogens (tertiary/aromatic N) is 4. The fraction of sp³-hybridized carbons (Fsp3) is 0.0833. The Hall–Kier alpha value is -1.70. The van der Waals surface area contributed by atoms with Crippen molar-refractivity contribution < 1.29 is 4.74 Å². The summed E-state index contributed by atoms with van der Waals surface area (Å²) in [5.74, 6) is 1.28. The fourth-order valence-electron chi connectivity index (χ4n) is 1.66. The number of rotatable bonds is 2. The summed E-state index contributed by atoms with van der Waals surface area (Å²) >= 11 is 2.24. The van der Waals surface area contributed by atoms with Crippen molar-refractivity contribution in [3.05, 3.63) is 40.4 Å². The number of benzene rings is 1. The smallest absolute Gasteiger partial charge is 0.233 e. The highest BCUT2D eigenvalue weighted by molar-refractivity contribution is 14.1. The van der Waals surface area contributed by atoms with Gasteiger partial charge in [-0.3, -0.25) is 4.68 Å². The predicted molar refractivity (Wildman–Crippen MR) is 75.5 cm³/mol. The van der Waals surface area contributed by atoms with Crippen molar-refractivity contribution in [2.75, 3.05) is 0 Å². The van der Waals surface area contributed by atoms with Gasteiger partial charge >= 0.3 is 0 Å². The fourth-order valence-corrected chi connectivity index (χ4v) is 2.18. The van der Waals surface area contributed by atoms with Crippen molar-refractivity contribution in [1.82, 2.24) is 19.7 Å². The highest BCUT2D eigenvalue weighted by atomic mass is 127. The van der Waals surface area contributed by atoms with Gasteiger partial charge in [-0.2, -0.15) is 5.10 Å². The van der Waals surface area contributed by atoms with Gasteiger partial charge in [0.2, 0.25) is 5.88 Å². The van der Waals surface area contributed by atoms with Gasteiger partial charge in [-0.25, -0.2) is 9.97 Å². The lowest BCUT2D eigenvalue weighted by molar-refractivity contribution is 0.468. The number of aromatic nitrogens is 4. The van der Waals surface area contributed by atoms with Crippen LogP contribution < -0.4 is 4.74 Å². The van der Waals surface area contributed by atoms with Crippen molar-refractivity contribution in [3.8, 4) is 11.6 Å². The molecule has 5 nitrogen and oxygen atoms in total. The van der Waals surface area contributed by atoms with Crippen LogP contribution >= 0.6 is 22.6 Å². The third kappa shape index (κ3) is 2.03. The first kappa shape index (κ1) is 11.4. The summed E-state index contributed by atoms with van der Waals surface area (Å²) in [5, 5.41) is 4.95. The molecule has 0 bridgehead atoms. The van der Waals surface area contributed by atoms with E-state index in [1.165, 1.54) is 6.33 Å². The van der Waals surface area contributed by atoms with E-state index in [4.69, 9.17) is 4.74 Å². The summed E-state index contributed by atoms with van der Waals surface area (Å²) in [5.41, 5.74) is 0.755. The molecule has 0 saturated heterocycles. The van der Waals surface area contributed by atoms with Crippen LogP contribution in [0.3, 0.4) is 0 Å². The molecule has 0 aliphatic rings. The largest absolute Gasteiger partial charge is 0.438 e. The molecule has 1 aromatic carbocycles. The normalized spacial score (nSPS) is 10.8. The van der Waals surface area contributed by atoms with E-state index in [2.05, 4.69) is 37.7 Å². The third-order valence-corrected chi connectivity index (χ3v) is 3.17. The molecule has 90 valence electrons. The van der Waals surface area contributed by atoms with Crippen LogP contribution in [0.5, 0.6) is 11.6 Å². The van der Waals surface area contributed by atoms with Crippen LogP contribution in [0.15, 0.2) is 36.8 Å². The molecule has 2 aromatic heterocycles. The number of ether oxygens (including phenoxy) is 1. The second-order valence-electron chi connectivity index (χ2n) is 3.74. The van der Waals surface area contributed by atoms with Crippen molar-refractivity contribution in [2.45, 2.75) is 0 Å². The van der Waals surface area contributed by atoms with Crippen molar-refractivity contribution in [2.24, 2.45) is 7.05 Å². The minimum atomic E-state index is 0.523. The van der Waals surface area contributed by atoms with E-state index < -0.39 is 0 Å². The maximum Gasteiger partial charge on any atom is 0.233 e. The van der Waals surface area contributed by atoms with Gasteiger partial charge in [-0.05, 0) is 40.8 Å². The van der Waals surface area contributed by atoms with E-state index in [-0.39, 0.29) is 0 Å². The van der Waals surface area contributed by atoms with Crippen molar-refractivity contribution in [1.29, 1.82) is 0 Å². The summed E-state index contributed by atoms with van der Waals surface area (Å²) < 4.78 is 8.58. The standard InChI is InChI=1S/C12H9IN4O/c1-17-11-10(6-16-17)12(15-7-14-11)18-9-4-2-3-8(13)5-9/h2-7H,1H3. The molecule has 0 radical (unpaired) electrons. The van der Waals surface area contributed by atoms with Gasteiger partial charge in [0.05, 0.1) is 6.20 Å². The first-order valence-corrected chi connectivity index (χ1v) is 6.38. The molecule has 0 amide bonds. The lowest BCUT2D eigenvalue weighted by Crippen LogP contribution is -1.94. The van der Waals surface area contributed by atoms with Gasteiger partial charge in [-0.1, -0.05) is 6.07 Å². The number of halogens is 1. The first-order chi connectivity index (χ1) is 8.74. The van der Waals surface area contributed by atoms with Gasteiger partial charge in [0.15, 0.2) is 5.65 Å². The highest BCUT2D eigenvalue weighted by Gasteiger charge is 2.09. The molecular formula is C12H9IN4O. The van der Waals surface area contributed by atoms with Crippen LogP contribution in [0.2, 0.25) is 0 Å². The van der Waals surface area contributed by atoms with Crippen molar-refractivity contribution >= 4 is 33.6 Å². The third-order valence-electron chi connectivity index (χ3n) is 2.50. The van der Waals surface area contributed by atoms with Gasteiger partial charge in [0, 0.05) is 10.6 Å². The Kier molecular flexibility index (Phi) is 2.86. The molecule has 0 aliphatic carbocycles. The van der Waals surface area contributed by atoms with Gasteiger partial charge in [0.1, 0.15) is 17.5 Å². The molecule has 18 heavy (non-hydrogen) atoms. The molecule has 2 heterocycles. The Morgan fingerprint density at radius 1 is 1.28 bits per heavy atom. The number of hydrogen-bond acceptors (Lipinski definition) is 4. The van der Waals surface area contributed by atoms with Crippen LogP contribution in [0.1, 0.15) is 0 Å². The van der Waals surface area contributed by atoms with E-state index in [0.29, 0.717) is 5.88 Å². The zero-order chi connectivity index (χ0) is 12.5. The number of fused-ring (bicyclic) bond motifs is 1.